The molecule has 0 spiro atoms. The summed E-state index contributed by atoms with van der Waals surface area (Å²) in [5.74, 6) is -0.928. The van der Waals surface area contributed by atoms with Gasteiger partial charge in [-0.15, -0.1) is 0 Å². The fraction of sp³-hybridized carbons (Fsp3) is 0.717. The topological polar surface area (TPSA) is 78.9 Å². The van der Waals surface area contributed by atoms with Gasteiger partial charge in [0.15, 0.2) is 6.10 Å². The maximum absolute atomic E-state index is 12.8. The van der Waals surface area contributed by atoms with E-state index in [0.717, 1.165) is 96.3 Å². The third-order valence-corrected chi connectivity index (χ3v) is 11.7. The van der Waals surface area contributed by atoms with Gasteiger partial charge in [-0.2, -0.15) is 0 Å². The van der Waals surface area contributed by atoms with Crippen LogP contribution in [0, 0.1) is 0 Å². The Morgan fingerprint density at radius 3 is 0.939 bits per heavy atom. The van der Waals surface area contributed by atoms with Crippen LogP contribution in [0.3, 0.4) is 0 Å². The highest BCUT2D eigenvalue weighted by molar-refractivity contribution is 5.71. The van der Waals surface area contributed by atoms with E-state index < -0.39 is 6.10 Å². The van der Waals surface area contributed by atoms with Crippen LogP contribution >= 0.6 is 0 Å². The molecule has 6 heteroatoms. The Bertz CT molecular complexity index is 1290. The zero-order valence-electron chi connectivity index (χ0n) is 43.2. The molecular weight excluding hydrogens is 817 g/mol. The third-order valence-electron chi connectivity index (χ3n) is 11.7. The fourth-order valence-corrected chi connectivity index (χ4v) is 7.50. The first-order valence-corrected chi connectivity index (χ1v) is 27.7. The highest BCUT2D eigenvalue weighted by Gasteiger charge is 2.19. The molecule has 0 aromatic carbocycles. The minimum absolute atomic E-state index is 0.0917. The number of esters is 3. The summed E-state index contributed by atoms with van der Waals surface area (Å²) < 4.78 is 16.8. The van der Waals surface area contributed by atoms with Crippen LogP contribution in [0.4, 0.5) is 0 Å². The number of rotatable bonds is 49. The summed E-state index contributed by atoms with van der Waals surface area (Å²) in [6, 6.07) is 0. The van der Waals surface area contributed by atoms with Crippen molar-refractivity contribution < 1.29 is 28.6 Å². The van der Waals surface area contributed by atoms with Crippen LogP contribution < -0.4 is 0 Å². The molecule has 0 amide bonds. The standard InChI is InChI=1S/C60H102O6/c1-4-7-10-13-16-19-22-25-28-29-30-33-35-38-41-44-47-50-53-59(62)65-56-57(66-60(63)54-51-48-45-42-39-36-32-27-24-21-18-15-12-9-6-3)55-64-58(61)52-49-46-43-40-37-34-31-26-23-20-17-14-11-8-5-2/h16,18-25,27-30,33,57H,4-15,17,26,31-32,34-56H2,1-3H3/b19-16-,21-18-,23-20-,25-22-,27-24-,29-28-,33-30-. The van der Waals surface area contributed by atoms with Crippen LogP contribution in [-0.2, 0) is 28.6 Å². The molecule has 0 aliphatic rings. The smallest absolute Gasteiger partial charge is 0.306 e. The average Bonchev–Trinajstić information content (AvgIpc) is 3.31. The lowest BCUT2D eigenvalue weighted by Crippen LogP contribution is -2.30. The molecule has 66 heavy (non-hydrogen) atoms. The van der Waals surface area contributed by atoms with Crippen molar-refractivity contribution in [2.24, 2.45) is 0 Å². The molecule has 0 N–H and O–H groups in total. The first kappa shape index (κ1) is 62.6. The Morgan fingerprint density at radius 1 is 0.303 bits per heavy atom. The van der Waals surface area contributed by atoms with Crippen molar-refractivity contribution in [3.63, 3.8) is 0 Å². The number of allylic oxidation sites excluding steroid dienone is 14. The van der Waals surface area contributed by atoms with Crippen molar-refractivity contribution in [1.29, 1.82) is 0 Å². The van der Waals surface area contributed by atoms with E-state index in [1.54, 1.807) is 0 Å². The predicted octanol–water partition coefficient (Wildman–Crippen LogP) is 18.4. The predicted molar refractivity (Wildman–Crippen MR) is 284 cm³/mol. The maximum Gasteiger partial charge on any atom is 0.306 e. The number of carbonyl (C=O) groups is 3. The van der Waals surface area contributed by atoms with Crippen LogP contribution in [0.15, 0.2) is 85.1 Å². The van der Waals surface area contributed by atoms with Crippen molar-refractivity contribution in [3.05, 3.63) is 85.1 Å². The summed E-state index contributed by atoms with van der Waals surface area (Å²) in [5, 5.41) is 0. The van der Waals surface area contributed by atoms with Gasteiger partial charge in [0.2, 0.25) is 0 Å². The van der Waals surface area contributed by atoms with E-state index in [0.29, 0.717) is 19.3 Å². The molecule has 1 atom stereocenters. The zero-order chi connectivity index (χ0) is 47.9. The van der Waals surface area contributed by atoms with Crippen LogP contribution in [0.5, 0.6) is 0 Å². The molecule has 0 aliphatic heterocycles. The van der Waals surface area contributed by atoms with Crippen molar-refractivity contribution in [2.75, 3.05) is 13.2 Å². The molecule has 1 unspecified atom stereocenters. The highest BCUT2D eigenvalue weighted by atomic mass is 16.6. The second kappa shape index (κ2) is 54.2. The lowest BCUT2D eigenvalue weighted by atomic mass is 10.1. The molecule has 6 nitrogen and oxygen atoms in total. The van der Waals surface area contributed by atoms with Crippen LogP contribution in [-0.4, -0.2) is 37.2 Å². The van der Waals surface area contributed by atoms with E-state index >= 15 is 0 Å². The minimum atomic E-state index is -0.795. The van der Waals surface area contributed by atoms with Gasteiger partial charge in [-0.25, -0.2) is 0 Å². The van der Waals surface area contributed by atoms with Crippen LogP contribution in [0.2, 0.25) is 0 Å². The molecule has 0 aromatic heterocycles. The summed E-state index contributed by atoms with van der Waals surface area (Å²) in [5.41, 5.74) is 0. The lowest BCUT2D eigenvalue weighted by Gasteiger charge is -2.18. The fourth-order valence-electron chi connectivity index (χ4n) is 7.50. The van der Waals surface area contributed by atoms with Crippen LogP contribution in [0.25, 0.3) is 0 Å². The highest BCUT2D eigenvalue weighted by Crippen LogP contribution is 2.14. The van der Waals surface area contributed by atoms with Gasteiger partial charge in [-0.05, 0) is 96.3 Å². The van der Waals surface area contributed by atoms with Crippen molar-refractivity contribution >= 4 is 17.9 Å². The molecule has 378 valence electrons. The van der Waals surface area contributed by atoms with E-state index in [9.17, 15) is 14.4 Å². The summed E-state index contributed by atoms with van der Waals surface area (Å²) in [6.45, 7) is 6.53. The molecular formula is C60H102O6. The van der Waals surface area contributed by atoms with Gasteiger partial charge in [-0.3, -0.25) is 14.4 Å². The molecule has 0 fully saturated rings. The Labute approximate surface area is 407 Å². The van der Waals surface area contributed by atoms with Crippen molar-refractivity contribution in [2.45, 2.75) is 264 Å². The molecule has 0 bridgehead atoms. The van der Waals surface area contributed by atoms with Gasteiger partial charge in [0.1, 0.15) is 13.2 Å². The van der Waals surface area contributed by atoms with E-state index in [1.807, 2.05) is 0 Å². The molecule has 0 saturated carbocycles. The first-order valence-electron chi connectivity index (χ1n) is 27.7. The Hall–Kier alpha value is -3.41. The van der Waals surface area contributed by atoms with E-state index in [-0.39, 0.29) is 31.1 Å². The molecule has 0 aliphatic carbocycles. The Kier molecular flexibility index (Phi) is 51.4. The molecule has 0 heterocycles. The quantitative estimate of drug-likeness (QED) is 0.0199. The van der Waals surface area contributed by atoms with Gasteiger partial charge < -0.3 is 14.2 Å². The largest absolute Gasteiger partial charge is 0.462 e. The molecule has 0 aromatic rings. The van der Waals surface area contributed by atoms with Crippen molar-refractivity contribution in [3.8, 4) is 0 Å². The molecule has 0 saturated heterocycles. The summed E-state index contributed by atoms with van der Waals surface area (Å²) in [4.78, 5) is 38.1. The second-order valence-corrected chi connectivity index (χ2v) is 18.3. The minimum Gasteiger partial charge on any atom is -0.462 e. The monoisotopic (exact) mass is 919 g/mol. The Balaban J connectivity index is 4.46. The number of carbonyl (C=O) groups excluding carboxylic acids is 3. The van der Waals surface area contributed by atoms with Gasteiger partial charge in [0.25, 0.3) is 0 Å². The molecule has 0 radical (unpaired) electrons. The summed E-state index contributed by atoms with van der Waals surface area (Å²) in [6.07, 6.45) is 69.8. The Morgan fingerprint density at radius 2 is 0.561 bits per heavy atom. The SMILES string of the molecule is CCCCC\C=C/C=C\C=C/C=C\CCCCCCCC(=O)OCC(COC(=O)CCCCCCCCC/C=C\CCCCCC)OC(=O)CCCCCCCC/C=C\C=C/CCCCC. The van der Waals surface area contributed by atoms with E-state index in [1.165, 1.54) is 122 Å². The van der Waals surface area contributed by atoms with Crippen LogP contribution in [0.1, 0.15) is 258 Å². The van der Waals surface area contributed by atoms with Gasteiger partial charge in [0, 0.05) is 19.3 Å². The summed E-state index contributed by atoms with van der Waals surface area (Å²) in [7, 11) is 0. The zero-order valence-corrected chi connectivity index (χ0v) is 43.2. The maximum atomic E-state index is 12.8. The summed E-state index contributed by atoms with van der Waals surface area (Å²) >= 11 is 0. The number of hydrogen-bond donors (Lipinski definition) is 0. The number of hydrogen-bond acceptors (Lipinski definition) is 6. The van der Waals surface area contributed by atoms with E-state index in [4.69, 9.17) is 14.2 Å². The third kappa shape index (κ3) is 51.6. The lowest BCUT2D eigenvalue weighted by molar-refractivity contribution is -0.167. The van der Waals surface area contributed by atoms with Crippen molar-refractivity contribution in [1.82, 2.24) is 0 Å². The normalized spacial score (nSPS) is 12.7. The first-order chi connectivity index (χ1) is 32.5. The average molecular weight is 919 g/mol. The second-order valence-electron chi connectivity index (χ2n) is 18.3. The number of ether oxygens (including phenoxy) is 3. The van der Waals surface area contributed by atoms with E-state index in [2.05, 4.69) is 106 Å². The number of unbranched alkanes of at least 4 members (excludes halogenated alkanes) is 28. The van der Waals surface area contributed by atoms with Gasteiger partial charge in [0.05, 0.1) is 0 Å². The molecule has 0 rings (SSSR count). The van der Waals surface area contributed by atoms with Gasteiger partial charge >= 0.3 is 17.9 Å². The van der Waals surface area contributed by atoms with Gasteiger partial charge in [-0.1, -0.05) is 228 Å².